The van der Waals surface area contributed by atoms with E-state index in [1.54, 1.807) is 25.2 Å². The highest BCUT2D eigenvalue weighted by atomic mass is 19.4. The Balaban J connectivity index is 1.75. The van der Waals surface area contributed by atoms with E-state index < -0.39 is 29.7 Å². The van der Waals surface area contributed by atoms with E-state index in [0.717, 1.165) is 23.0 Å². The van der Waals surface area contributed by atoms with E-state index in [0.29, 0.717) is 16.5 Å². The van der Waals surface area contributed by atoms with Crippen molar-refractivity contribution in [2.45, 2.75) is 18.8 Å². The van der Waals surface area contributed by atoms with Crippen molar-refractivity contribution >= 4 is 44.8 Å². The number of likely N-dealkylation sites (N-methyl/N-ethyl adjacent to an activating group) is 1. The Morgan fingerprint density at radius 3 is 2.39 bits per heavy atom. The van der Waals surface area contributed by atoms with Crippen molar-refractivity contribution in [2.75, 3.05) is 20.6 Å². The molecule has 0 saturated carbocycles. The smallest absolute Gasteiger partial charge is 0.390 e. The number of fused-ring (bicyclic) bond motifs is 2. The standard InChI is InChI=1S/C26H23F3N4O3/c1-32(2)11-15(34)12-33-13-19(17-8-7-14(9-21(17)33)26(27,28)29)23-22(24(35)31-25(23)36)18-10-30-20-6-4-3-5-16(18)20/h3-10,13,15,30,34H,11-12H2,1-2H3,(H,31,35,36). The van der Waals surface area contributed by atoms with Crippen molar-refractivity contribution in [3.05, 3.63) is 71.5 Å². The van der Waals surface area contributed by atoms with Gasteiger partial charge in [-0.3, -0.25) is 14.9 Å². The summed E-state index contributed by atoms with van der Waals surface area (Å²) in [5, 5.41) is 14.0. The summed E-state index contributed by atoms with van der Waals surface area (Å²) in [4.78, 5) is 30.8. The monoisotopic (exact) mass is 496 g/mol. The number of H-pyrrole nitrogens is 1. The second kappa shape index (κ2) is 8.65. The maximum Gasteiger partial charge on any atom is 0.416 e. The van der Waals surface area contributed by atoms with Gasteiger partial charge in [-0.05, 0) is 32.3 Å². The summed E-state index contributed by atoms with van der Waals surface area (Å²) < 4.78 is 42.0. The lowest BCUT2D eigenvalue weighted by atomic mass is 9.95. The third-order valence-corrected chi connectivity index (χ3v) is 6.25. The highest BCUT2D eigenvalue weighted by Crippen LogP contribution is 2.40. The highest BCUT2D eigenvalue weighted by Gasteiger charge is 2.36. The molecule has 2 aromatic carbocycles. The van der Waals surface area contributed by atoms with Gasteiger partial charge in [-0.2, -0.15) is 13.2 Å². The third-order valence-electron chi connectivity index (χ3n) is 6.25. The maximum atomic E-state index is 13.5. The average Bonchev–Trinajstić information content (AvgIpc) is 3.45. The summed E-state index contributed by atoms with van der Waals surface area (Å²) in [6.07, 6.45) is -2.27. The molecule has 0 radical (unpaired) electrons. The molecule has 0 aliphatic carbocycles. The molecule has 0 bridgehead atoms. The zero-order chi connectivity index (χ0) is 25.8. The normalized spacial score (nSPS) is 15.5. The number of aliphatic hydroxyl groups excluding tert-OH is 1. The number of para-hydroxylation sites is 1. The molecule has 0 spiro atoms. The van der Waals surface area contributed by atoms with Gasteiger partial charge in [0.15, 0.2) is 0 Å². The number of nitrogens with zero attached hydrogens (tertiary/aromatic N) is 2. The fraction of sp³-hybridized carbons (Fsp3) is 0.231. The van der Waals surface area contributed by atoms with Crippen LogP contribution in [0.4, 0.5) is 13.2 Å². The molecule has 0 saturated heterocycles. The number of aromatic nitrogens is 2. The Morgan fingerprint density at radius 2 is 1.69 bits per heavy atom. The minimum absolute atomic E-state index is 0.00124. The lowest BCUT2D eigenvalue weighted by molar-refractivity contribution is -0.137. The Morgan fingerprint density at radius 1 is 1.00 bits per heavy atom. The molecule has 2 aromatic heterocycles. The van der Waals surface area contributed by atoms with Crippen LogP contribution in [0.25, 0.3) is 33.0 Å². The minimum atomic E-state index is -4.57. The van der Waals surface area contributed by atoms with Crippen LogP contribution in [0.2, 0.25) is 0 Å². The summed E-state index contributed by atoms with van der Waals surface area (Å²) >= 11 is 0. The third kappa shape index (κ3) is 4.08. The molecule has 1 aliphatic heterocycles. The fourth-order valence-corrected chi connectivity index (χ4v) is 4.77. The molecule has 7 nitrogen and oxygen atoms in total. The van der Waals surface area contributed by atoms with E-state index >= 15 is 0 Å². The first-order valence-electron chi connectivity index (χ1n) is 11.2. The molecule has 0 fully saturated rings. The molecule has 1 unspecified atom stereocenters. The number of aromatic amines is 1. The van der Waals surface area contributed by atoms with Crippen LogP contribution in [0.1, 0.15) is 16.7 Å². The van der Waals surface area contributed by atoms with Crippen LogP contribution < -0.4 is 5.32 Å². The fourth-order valence-electron chi connectivity index (χ4n) is 4.77. The number of imide groups is 1. The van der Waals surface area contributed by atoms with Gasteiger partial charge >= 0.3 is 6.18 Å². The molecule has 1 atom stereocenters. The quantitative estimate of drug-likeness (QED) is 0.356. The predicted molar refractivity (Wildman–Crippen MR) is 130 cm³/mol. The first-order chi connectivity index (χ1) is 17.0. The van der Waals surface area contributed by atoms with E-state index in [4.69, 9.17) is 0 Å². The van der Waals surface area contributed by atoms with Gasteiger partial charge < -0.3 is 19.6 Å². The number of nitrogens with one attached hydrogen (secondary N) is 2. The zero-order valence-corrected chi connectivity index (χ0v) is 19.5. The van der Waals surface area contributed by atoms with Crippen LogP contribution in [0.15, 0.2) is 54.9 Å². The van der Waals surface area contributed by atoms with Crippen LogP contribution in [-0.2, 0) is 22.3 Å². The van der Waals surface area contributed by atoms with Gasteiger partial charge in [0, 0.05) is 58.4 Å². The van der Waals surface area contributed by atoms with E-state index in [-0.39, 0.29) is 29.8 Å². The summed E-state index contributed by atoms with van der Waals surface area (Å²) in [5.74, 6) is -1.21. The van der Waals surface area contributed by atoms with E-state index in [1.165, 1.54) is 16.8 Å². The van der Waals surface area contributed by atoms with Gasteiger partial charge in [0.05, 0.1) is 22.8 Å². The lowest BCUT2D eigenvalue weighted by Crippen LogP contribution is -2.29. The molecule has 3 N–H and O–H groups in total. The van der Waals surface area contributed by atoms with E-state index in [9.17, 15) is 27.9 Å². The second-order valence-electron chi connectivity index (χ2n) is 9.12. The topological polar surface area (TPSA) is 90.4 Å². The Hall–Kier alpha value is -3.89. The second-order valence-corrected chi connectivity index (χ2v) is 9.12. The number of benzene rings is 2. The van der Waals surface area contributed by atoms with E-state index in [1.807, 2.05) is 24.3 Å². The summed E-state index contributed by atoms with van der Waals surface area (Å²) in [6, 6.07) is 10.6. The maximum absolute atomic E-state index is 13.5. The number of carbonyl (C=O) groups excluding carboxylic acids is 2. The van der Waals surface area contributed by atoms with Crippen LogP contribution in [0.3, 0.4) is 0 Å². The number of amides is 2. The van der Waals surface area contributed by atoms with Crippen LogP contribution >= 0.6 is 0 Å². The Bertz CT molecular complexity index is 1550. The van der Waals surface area contributed by atoms with E-state index in [2.05, 4.69) is 10.3 Å². The van der Waals surface area contributed by atoms with Crippen molar-refractivity contribution in [1.82, 2.24) is 19.8 Å². The van der Waals surface area contributed by atoms with Crippen molar-refractivity contribution in [1.29, 1.82) is 0 Å². The van der Waals surface area contributed by atoms with Crippen LogP contribution in [-0.4, -0.2) is 58.1 Å². The van der Waals surface area contributed by atoms with Crippen molar-refractivity contribution in [3.8, 4) is 0 Å². The summed E-state index contributed by atoms with van der Waals surface area (Å²) in [5.41, 5.74) is 1.19. The largest absolute Gasteiger partial charge is 0.416 e. The number of aliphatic hydroxyl groups is 1. The molecular formula is C26H23F3N4O3. The summed E-state index contributed by atoms with van der Waals surface area (Å²) in [7, 11) is 3.55. The predicted octanol–water partition coefficient (Wildman–Crippen LogP) is 3.63. The zero-order valence-electron chi connectivity index (χ0n) is 19.5. The van der Waals surface area contributed by atoms with Gasteiger partial charge in [0.1, 0.15) is 0 Å². The molecule has 4 aromatic rings. The molecule has 186 valence electrons. The molecular weight excluding hydrogens is 473 g/mol. The van der Waals surface area contributed by atoms with Crippen molar-refractivity contribution in [3.63, 3.8) is 0 Å². The molecule has 36 heavy (non-hydrogen) atoms. The molecule has 1 aliphatic rings. The van der Waals surface area contributed by atoms with Gasteiger partial charge in [-0.15, -0.1) is 0 Å². The Labute approximate surface area is 203 Å². The minimum Gasteiger partial charge on any atom is -0.390 e. The summed E-state index contributed by atoms with van der Waals surface area (Å²) in [6.45, 7) is 0.289. The first kappa shape index (κ1) is 23.8. The average molecular weight is 496 g/mol. The van der Waals surface area contributed by atoms with Gasteiger partial charge in [-0.1, -0.05) is 24.3 Å². The first-order valence-corrected chi connectivity index (χ1v) is 11.2. The highest BCUT2D eigenvalue weighted by molar-refractivity contribution is 6.50. The van der Waals surface area contributed by atoms with Crippen molar-refractivity contribution in [2.24, 2.45) is 0 Å². The number of carbonyl (C=O) groups is 2. The van der Waals surface area contributed by atoms with Crippen LogP contribution in [0, 0.1) is 0 Å². The molecule has 2 amide bonds. The SMILES string of the molecule is CN(C)CC(O)Cn1cc(C2=C(c3c[nH]c4ccccc34)C(=O)NC2=O)c2ccc(C(F)(F)F)cc21. The number of rotatable bonds is 6. The molecule has 3 heterocycles. The molecule has 10 heteroatoms. The number of halogens is 3. The lowest BCUT2D eigenvalue weighted by Gasteiger charge is -2.17. The number of hydrogen-bond donors (Lipinski definition) is 3. The van der Waals surface area contributed by atoms with Gasteiger partial charge in [0.2, 0.25) is 0 Å². The number of hydrogen-bond acceptors (Lipinski definition) is 4. The van der Waals surface area contributed by atoms with Crippen molar-refractivity contribution < 1.29 is 27.9 Å². The van der Waals surface area contributed by atoms with Gasteiger partial charge in [-0.25, -0.2) is 0 Å². The molecule has 5 rings (SSSR count). The van der Waals surface area contributed by atoms with Gasteiger partial charge in [0.25, 0.3) is 11.8 Å². The number of alkyl halides is 3. The Kier molecular flexibility index (Phi) is 5.73. The van der Waals surface area contributed by atoms with Crippen LogP contribution in [0.5, 0.6) is 0 Å².